The molecule has 0 spiro atoms. The standard InChI is InChI=1S/C15H10BrFN2/c16-13-4-6-15(7-5-13)19-10-12(9-18-19)11-2-1-3-14(17)8-11/h1-10H. The number of rotatable bonds is 2. The second-order valence-electron chi connectivity index (χ2n) is 4.16. The lowest BCUT2D eigenvalue weighted by molar-refractivity contribution is 0.628. The first kappa shape index (κ1) is 12.1. The molecule has 0 aliphatic carbocycles. The smallest absolute Gasteiger partial charge is 0.123 e. The number of hydrogen-bond donors (Lipinski definition) is 0. The highest BCUT2D eigenvalue weighted by molar-refractivity contribution is 9.10. The van der Waals surface area contributed by atoms with Crippen LogP contribution in [-0.2, 0) is 0 Å². The van der Waals surface area contributed by atoms with E-state index in [9.17, 15) is 4.39 Å². The van der Waals surface area contributed by atoms with Crippen LogP contribution in [-0.4, -0.2) is 9.78 Å². The lowest BCUT2D eigenvalue weighted by Crippen LogP contribution is -1.92. The van der Waals surface area contributed by atoms with E-state index in [1.807, 2.05) is 36.5 Å². The maximum absolute atomic E-state index is 13.2. The zero-order valence-corrected chi connectivity index (χ0v) is 11.5. The van der Waals surface area contributed by atoms with Gasteiger partial charge in [-0.15, -0.1) is 0 Å². The van der Waals surface area contributed by atoms with Gasteiger partial charge < -0.3 is 0 Å². The van der Waals surface area contributed by atoms with Gasteiger partial charge in [0.1, 0.15) is 5.82 Å². The zero-order chi connectivity index (χ0) is 13.2. The monoisotopic (exact) mass is 316 g/mol. The molecule has 0 bridgehead atoms. The molecule has 0 saturated carbocycles. The fourth-order valence-electron chi connectivity index (χ4n) is 1.87. The molecule has 0 atom stereocenters. The van der Waals surface area contributed by atoms with Crippen molar-refractivity contribution in [2.24, 2.45) is 0 Å². The summed E-state index contributed by atoms with van der Waals surface area (Å²) < 4.78 is 16.0. The van der Waals surface area contributed by atoms with Gasteiger partial charge in [-0.1, -0.05) is 28.1 Å². The number of aromatic nitrogens is 2. The second-order valence-corrected chi connectivity index (χ2v) is 5.08. The molecule has 1 heterocycles. The Balaban J connectivity index is 1.97. The van der Waals surface area contributed by atoms with Crippen LogP contribution in [0.4, 0.5) is 4.39 Å². The SMILES string of the molecule is Fc1cccc(-c2cnn(-c3ccc(Br)cc3)c2)c1. The second kappa shape index (κ2) is 4.97. The van der Waals surface area contributed by atoms with Crippen molar-refractivity contribution < 1.29 is 4.39 Å². The van der Waals surface area contributed by atoms with Crippen LogP contribution >= 0.6 is 15.9 Å². The molecule has 0 aliphatic rings. The van der Waals surface area contributed by atoms with E-state index in [1.54, 1.807) is 16.9 Å². The van der Waals surface area contributed by atoms with Gasteiger partial charge >= 0.3 is 0 Å². The van der Waals surface area contributed by atoms with Crippen LogP contribution in [0.25, 0.3) is 16.8 Å². The van der Waals surface area contributed by atoms with Gasteiger partial charge in [0, 0.05) is 16.2 Å². The van der Waals surface area contributed by atoms with E-state index in [0.29, 0.717) is 0 Å². The van der Waals surface area contributed by atoms with Crippen molar-refractivity contribution in [1.82, 2.24) is 9.78 Å². The number of nitrogens with zero attached hydrogens (tertiary/aromatic N) is 2. The lowest BCUT2D eigenvalue weighted by atomic mass is 10.1. The predicted octanol–water partition coefficient (Wildman–Crippen LogP) is 4.44. The lowest BCUT2D eigenvalue weighted by Gasteiger charge is -2.00. The molecule has 0 saturated heterocycles. The average Bonchev–Trinajstić information content (AvgIpc) is 2.89. The number of halogens is 2. The Labute approximate surface area is 118 Å². The highest BCUT2D eigenvalue weighted by atomic mass is 79.9. The van der Waals surface area contributed by atoms with E-state index in [0.717, 1.165) is 21.3 Å². The van der Waals surface area contributed by atoms with E-state index >= 15 is 0 Å². The van der Waals surface area contributed by atoms with Crippen molar-refractivity contribution in [2.45, 2.75) is 0 Å². The predicted molar refractivity (Wildman–Crippen MR) is 76.7 cm³/mol. The molecule has 0 radical (unpaired) electrons. The molecule has 0 unspecified atom stereocenters. The van der Waals surface area contributed by atoms with Gasteiger partial charge in [0.15, 0.2) is 0 Å². The summed E-state index contributed by atoms with van der Waals surface area (Å²) in [6.45, 7) is 0. The number of hydrogen-bond acceptors (Lipinski definition) is 1. The van der Waals surface area contributed by atoms with Crippen LogP contribution < -0.4 is 0 Å². The van der Waals surface area contributed by atoms with Gasteiger partial charge in [-0.05, 0) is 42.0 Å². The fourth-order valence-corrected chi connectivity index (χ4v) is 2.14. The van der Waals surface area contributed by atoms with Crippen LogP contribution in [0.3, 0.4) is 0 Å². The van der Waals surface area contributed by atoms with Gasteiger partial charge in [-0.25, -0.2) is 9.07 Å². The van der Waals surface area contributed by atoms with Gasteiger partial charge in [0.2, 0.25) is 0 Å². The van der Waals surface area contributed by atoms with Crippen molar-refractivity contribution in [3.05, 3.63) is 71.2 Å². The van der Waals surface area contributed by atoms with Gasteiger partial charge in [0.25, 0.3) is 0 Å². The normalized spacial score (nSPS) is 10.6. The Morgan fingerprint density at radius 2 is 1.79 bits per heavy atom. The third-order valence-corrected chi connectivity index (χ3v) is 3.36. The summed E-state index contributed by atoms with van der Waals surface area (Å²) in [7, 11) is 0. The molecule has 0 N–H and O–H groups in total. The Morgan fingerprint density at radius 3 is 2.53 bits per heavy atom. The van der Waals surface area contributed by atoms with Crippen LogP contribution in [0.15, 0.2) is 65.4 Å². The molecule has 4 heteroatoms. The Bertz CT molecular complexity index is 704. The molecular weight excluding hydrogens is 307 g/mol. The summed E-state index contributed by atoms with van der Waals surface area (Å²) >= 11 is 3.40. The van der Waals surface area contributed by atoms with Crippen LogP contribution in [0.2, 0.25) is 0 Å². The molecule has 0 amide bonds. The first-order valence-corrected chi connectivity index (χ1v) is 6.58. The van der Waals surface area contributed by atoms with Gasteiger partial charge in [-0.2, -0.15) is 5.10 Å². The van der Waals surface area contributed by atoms with Crippen molar-refractivity contribution in [1.29, 1.82) is 0 Å². The summed E-state index contributed by atoms with van der Waals surface area (Å²) in [6, 6.07) is 14.3. The quantitative estimate of drug-likeness (QED) is 0.683. The summed E-state index contributed by atoms with van der Waals surface area (Å²) in [5.41, 5.74) is 2.68. The Kier molecular flexibility index (Phi) is 3.17. The molecular formula is C15H10BrFN2. The minimum Gasteiger partial charge on any atom is -0.240 e. The first-order valence-electron chi connectivity index (χ1n) is 5.79. The van der Waals surface area contributed by atoms with Crippen LogP contribution in [0, 0.1) is 5.82 Å². The highest BCUT2D eigenvalue weighted by Gasteiger charge is 2.04. The zero-order valence-electron chi connectivity index (χ0n) is 9.92. The minimum absolute atomic E-state index is 0.242. The number of benzene rings is 2. The van der Waals surface area contributed by atoms with Crippen LogP contribution in [0.5, 0.6) is 0 Å². The molecule has 0 aliphatic heterocycles. The van der Waals surface area contributed by atoms with E-state index in [4.69, 9.17) is 0 Å². The molecule has 2 nitrogen and oxygen atoms in total. The maximum atomic E-state index is 13.2. The minimum atomic E-state index is -0.242. The van der Waals surface area contributed by atoms with Crippen molar-refractivity contribution in [3.8, 4) is 16.8 Å². The van der Waals surface area contributed by atoms with Crippen molar-refractivity contribution >= 4 is 15.9 Å². The van der Waals surface area contributed by atoms with E-state index < -0.39 is 0 Å². The summed E-state index contributed by atoms with van der Waals surface area (Å²) in [5, 5.41) is 4.30. The van der Waals surface area contributed by atoms with Crippen molar-refractivity contribution in [3.63, 3.8) is 0 Å². The summed E-state index contributed by atoms with van der Waals surface area (Å²) in [4.78, 5) is 0. The molecule has 3 aromatic rings. The average molecular weight is 317 g/mol. The molecule has 3 rings (SSSR count). The van der Waals surface area contributed by atoms with E-state index in [2.05, 4.69) is 21.0 Å². The Morgan fingerprint density at radius 1 is 1.00 bits per heavy atom. The van der Waals surface area contributed by atoms with Crippen LogP contribution in [0.1, 0.15) is 0 Å². The van der Waals surface area contributed by atoms with E-state index in [1.165, 1.54) is 12.1 Å². The summed E-state index contributed by atoms with van der Waals surface area (Å²) in [6.07, 6.45) is 3.62. The van der Waals surface area contributed by atoms with E-state index in [-0.39, 0.29) is 5.82 Å². The van der Waals surface area contributed by atoms with Crippen molar-refractivity contribution in [2.75, 3.05) is 0 Å². The molecule has 0 fully saturated rings. The van der Waals surface area contributed by atoms with Gasteiger partial charge in [0.05, 0.1) is 11.9 Å². The third kappa shape index (κ3) is 2.58. The molecule has 19 heavy (non-hydrogen) atoms. The highest BCUT2D eigenvalue weighted by Crippen LogP contribution is 2.21. The fraction of sp³-hybridized carbons (Fsp3) is 0. The largest absolute Gasteiger partial charge is 0.240 e. The third-order valence-electron chi connectivity index (χ3n) is 2.83. The molecule has 1 aromatic heterocycles. The summed E-state index contributed by atoms with van der Waals surface area (Å²) in [5.74, 6) is -0.242. The topological polar surface area (TPSA) is 17.8 Å². The first-order chi connectivity index (χ1) is 9.22. The van der Waals surface area contributed by atoms with Gasteiger partial charge in [-0.3, -0.25) is 0 Å². The maximum Gasteiger partial charge on any atom is 0.123 e. The Hall–Kier alpha value is -1.94. The molecule has 2 aromatic carbocycles. The molecule has 94 valence electrons.